The van der Waals surface area contributed by atoms with E-state index in [2.05, 4.69) is 63.0 Å². The summed E-state index contributed by atoms with van der Waals surface area (Å²) in [4.78, 5) is 27.3. The standard InChI is InChI=1S/C29H37N7O4S2/c1-17(2)36-18(3)12-35(13-19(36)4)14-27-32-26(15-41-27)28(37)33-24-8-20(9-25-23(24)11-31-34-25)21-7-22(16-42(6,38)39)29(40-5)30-10-21/h7-11,15,17-19H,12-14,16H2,1-6H3,(H,31,34)(H,33,37)/t18-,19+. The van der Waals surface area contributed by atoms with Gasteiger partial charge in [0.2, 0.25) is 5.88 Å². The molecule has 0 unspecified atom stereocenters. The Morgan fingerprint density at radius 2 is 1.90 bits per heavy atom. The van der Waals surface area contributed by atoms with Crippen LogP contribution in [0.25, 0.3) is 22.0 Å². The van der Waals surface area contributed by atoms with Gasteiger partial charge in [-0.1, -0.05) is 0 Å². The maximum absolute atomic E-state index is 13.3. The van der Waals surface area contributed by atoms with Crippen LogP contribution in [-0.2, 0) is 22.1 Å². The molecule has 0 spiro atoms. The van der Waals surface area contributed by atoms with Gasteiger partial charge in [0.15, 0.2) is 9.84 Å². The number of nitrogens with zero attached hydrogens (tertiary/aromatic N) is 5. The third-order valence-electron chi connectivity index (χ3n) is 7.48. The number of nitrogens with one attached hydrogen (secondary N) is 2. The normalized spacial score (nSPS) is 18.5. The third-order valence-corrected chi connectivity index (χ3v) is 9.15. The van der Waals surface area contributed by atoms with Crippen LogP contribution in [0, 0.1) is 0 Å². The first-order valence-corrected chi connectivity index (χ1v) is 16.8. The molecule has 0 bridgehead atoms. The molecule has 1 aliphatic heterocycles. The maximum atomic E-state index is 13.3. The summed E-state index contributed by atoms with van der Waals surface area (Å²) in [6, 6.07) is 6.85. The molecule has 1 aliphatic rings. The van der Waals surface area contributed by atoms with Gasteiger partial charge in [-0.05, 0) is 51.5 Å². The number of ether oxygens (including phenoxy) is 1. The molecule has 1 saturated heterocycles. The number of hydrogen-bond donors (Lipinski definition) is 2. The van der Waals surface area contributed by atoms with Crippen LogP contribution >= 0.6 is 11.3 Å². The summed E-state index contributed by atoms with van der Waals surface area (Å²) in [5, 5.41) is 13.6. The molecule has 42 heavy (non-hydrogen) atoms. The molecule has 1 aromatic carbocycles. The van der Waals surface area contributed by atoms with Crippen molar-refractivity contribution in [2.45, 2.75) is 58.1 Å². The van der Waals surface area contributed by atoms with E-state index < -0.39 is 9.84 Å². The van der Waals surface area contributed by atoms with Crippen molar-refractivity contribution in [3.63, 3.8) is 0 Å². The molecular weight excluding hydrogens is 574 g/mol. The summed E-state index contributed by atoms with van der Waals surface area (Å²) in [7, 11) is -1.86. The molecule has 0 radical (unpaired) electrons. The first kappa shape index (κ1) is 30.1. The van der Waals surface area contributed by atoms with Crippen molar-refractivity contribution < 1.29 is 17.9 Å². The second kappa shape index (κ2) is 12.1. The van der Waals surface area contributed by atoms with Crippen LogP contribution in [0.1, 0.15) is 48.8 Å². The second-order valence-corrected chi connectivity index (χ2v) is 14.4. The molecule has 2 N–H and O–H groups in total. The lowest BCUT2D eigenvalue weighted by Crippen LogP contribution is -2.58. The topological polar surface area (TPSA) is 133 Å². The molecule has 11 nitrogen and oxygen atoms in total. The van der Waals surface area contributed by atoms with Crippen LogP contribution < -0.4 is 10.1 Å². The Balaban J connectivity index is 1.35. The molecule has 0 saturated carbocycles. The Morgan fingerprint density at radius 1 is 1.17 bits per heavy atom. The largest absolute Gasteiger partial charge is 0.481 e. The number of pyridine rings is 1. The zero-order valence-corrected chi connectivity index (χ0v) is 26.3. The summed E-state index contributed by atoms with van der Waals surface area (Å²) in [6.07, 6.45) is 4.44. The van der Waals surface area contributed by atoms with E-state index in [1.807, 2.05) is 12.1 Å². The molecule has 4 aromatic rings. The van der Waals surface area contributed by atoms with Gasteiger partial charge in [-0.2, -0.15) is 5.10 Å². The number of aromatic nitrogens is 4. The molecule has 5 rings (SSSR count). The lowest BCUT2D eigenvalue weighted by Gasteiger charge is -2.46. The van der Waals surface area contributed by atoms with Crippen LogP contribution in [0.15, 0.2) is 36.0 Å². The fourth-order valence-corrected chi connectivity index (χ4v) is 7.59. The zero-order chi connectivity index (χ0) is 30.2. The molecule has 1 amide bonds. The average Bonchev–Trinajstić information content (AvgIpc) is 3.57. The van der Waals surface area contributed by atoms with Crippen LogP contribution in [0.2, 0.25) is 0 Å². The number of benzene rings is 1. The summed E-state index contributed by atoms with van der Waals surface area (Å²) < 4.78 is 29.3. The molecule has 224 valence electrons. The number of rotatable bonds is 9. The summed E-state index contributed by atoms with van der Waals surface area (Å²) >= 11 is 1.49. The quantitative estimate of drug-likeness (QED) is 0.286. The van der Waals surface area contributed by atoms with E-state index in [-0.39, 0.29) is 17.5 Å². The smallest absolute Gasteiger partial charge is 0.275 e. The molecule has 0 aliphatic carbocycles. The molecule has 13 heteroatoms. The van der Waals surface area contributed by atoms with Crippen molar-refractivity contribution in [2.24, 2.45) is 0 Å². The number of thiazole rings is 1. The summed E-state index contributed by atoms with van der Waals surface area (Å²) in [5.74, 6) is -0.260. The maximum Gasteiger partial charge on any atom is 0.275 e. The van der Waals surface area contributed by atoms with E-state index in [0.717, 1.165) is 29.0 Å². The average molecular weight is 612 g/mol. The molecule has 3 aromatic heterocycles. The van der Waals surface area contributed by atoms with Gasteiger partial charge < -0.3 is 10.1 Å². The van der Waals surface area contributed by atoms with Crippen LogP contribution in [0.4, 0.5) is 5.69 Å². The second-order valence-electron chi connectivity index (χ2n) is 11.3. The van der Waals surface area contributed by atoms with Crippen molar-refractivity contribution in [1.82, 2.24) is 30.0 Å². The zero-order valence-electron chi connectivity index (χ0n) is 24.7. The van der Waals surface area contributed by atoms with E-state index in [0.29, 0.717) is 52.7 Å². The van der Waals surface area contributed by atoms with Crippen molar-refractivity contribution in [3.8, 4) is 17.0 Å². The first-order chi connectivity index (χ1) is 19.9. The molecule has 1 fully saturated rings. The number of amides is 1. The number of piperazine rings is 1. The highest BCUT2D eigenvalue weighted by atomic mass is 32.2. The minimum atomic E-state index is -3.31. The van der Waals surface area contributed by atoms with Gasteiger partial charge in [-0.3, -0.25) is 19.7 Å². The van der Waals surface area contributed by atoms with E-state index >= 15 is 0 Å². The number of anilines is 1. The number of carbonyl (C=O) groups is 1. The van der Waals surface area contributed by atoms with Crippen molar-refractivity contribution in [1.29, 1.82) is 0 Å². The Morgan fingerprint density at radius 3 is 2.57 bits per heavy atom. The van der Waals surface area contributed by atoms with Gasteiger partial charge in [0.25, 0.3) is 5.91 Å². The van der Waals surface area contributed by atoms with E-state index in [1.54, 1.807) is 23.8 Å². The number of carbonyl (C=O) groups excluding carboxylic acids is 1. The van der Waals surface area contributed by atoms with Crippen molar-refractivity contribution in [2.75, 3.05) is 31.8 Å². The van der Waals surface area contributed by atoms with Crippen LogP contribution in [0.3, 0.4) is 0 Å². The minimum Gasteiger partial charge on any atom is -0.481 e. The number of sulfone groups is 1. The molecule has 4 heterocycles. The predicted octanol–water partition coefficient (Wildman–Crippen LogP) is 4.19. The Bertz CT molecular complexity index is 1690. The Kier molecular flexibility index (Phi) is 8.65. The Hall–Kier alpha value is -3.39. The monoisotopic (exact) mass is 611 g/mol. The Labute approximate surface area is 250 Å². The fraction of sp³-hybridized carbons (Fsp3) is 0.448. The van der Waals surface area contributed by atoms with E-state index in [4.69, 9.17) is 4.74 Å². The van der Waals surface area contributed by atoms with Crippen molar-refractivity contribution >= 4 is 43.7 Å². The van der Waals surface area contributed by atoms with Gasteiger partial charge in [-0.25, -0.2) is 18.4 Å². The van der Waals surface area contributed by atoms with Gasteiger partial charge in [0.05, 0.1) is 36.8 Å². The minimum absolute atomic E-state index is 0.204. The number of fused-ring (bicyclic) bond motifs is 1. The number of methoxy groups -OCH3 is 1. The van der Waals surface area contributed by atoms with Crippen LogP contribution in [-0.4, -0.2) is 88.9 Å². The predicted molar refractivity (Wildman–Crippen MR) is 166 cm³/mol. The van der Waals surface area contributed by atoms with Gasteiger partial charge in [-0.15, -0.1) is 11.3 Å². The highest BCUT2D eigenvalue weighted by Gasteiger charge is 2.31. The fourth-order valence-electron chi connectivity index (χ4n) is 6.00. The summed E-state index contributed by atoms with van der Waals surface area (Å²) in [6.45, 7) is 11.6. The van der Waals surface area contributed by atoms with Crippen LogP contribution in [0.5, 0.6) is 5.88 Å². The number of hydrogen-bond acceptors (Lipinski definition) is 10. The highest BCUT2D eigenvalue weighted by Crippen LogP contribution is 2.32. The molecular formula is C29H37N7O4S2. The first-order valence-electron chi connectivity index (χ1n) is 13.9. The third kappa shape index (κ3) is 6.64. The number of aromatic amines is 1. The van der Waals surface area contributed by atoms with E-state index in [9.17, 15) is 13.2 Å². The van der Waals surface area contributed by atoms with Gasteiger partial charge in [0, 0.05) is 65.6 Å². The van der Waals surface area contributed by atoms with E-state index in [1.165, 1.54) is 24.7 Å². The van der Waals surface area contributed by atoms with Gasteiger partial charge >= 0.3 is 0 Å². The highest BCUT2D eigenvalue weighted by molar-refractivity contribution is 7.89. The lowest BCUT2D eigenvalue weighted by atomic mass is 10.0. The lowest BCUT2D eigenvalue weighted by molar-refractivity contribution is 0.0132. The van der Waals surface area contributed by atoms with Crippen molar-refractivity contribution in [3.05, 3.63) is 52.2 Å². The van der Waals surface area contributed by atoms with Gasteiger partial charge in [0.1, 0.15) is 10.7 Å². The SMILES string of the molecule is COc1ncc(-c2cc(NC(=O)c3csc(CN4C[C@@H](C)N(C(C)C)[C@@H](C)C4)n3)c3cn[nH]c3c2)cc1CS(C)(=O)=O. The molecule has 2 atom stereocenters. The summed E-state index contributed by atoms with van der Waals surface area (Å²) in [5.41, 5.74) is 3.50. The number of H-pyrrole nitrogens is 1.